The molecule has 0 saturated carbocycles. The predicted octanol–water partition coefficient (Wildman–Crippen LogP) is 4.29. The third-order valence-electron chi connectivity index (χ3n) is 2.35. The van der Waals surface area contributed by atoms with Gasteiger partial charge in [0.15, 0.2) is 0 Å². The van der Waals surface area contributed by atoms with Gasteiger partial charge in [-0.3, -0.25) is 0 Å². The van der Waals surface area contributed by atoms with Gasteiger partial charge in [0.2, 0.25) is 0 Å². The molecule has 0 saturated heterocycles. The monoisotopic (exact) mass is 216 g/mol. The van der Waals surface area contributed by atoms with Crippen molar-refractivity contribution in [3.63, 3.8) is 0 Å². The molecule has 0 aliphatic rings. The Hall–Kier alpha value is -1.50. The van der Waals surface area contributed by atoms with Gasteiger partial charge in [0.05, 0.1) is 0 Å². The fraction of sp³-hybridized carbons (Fsp3) is 0.333. The molecule has 86 valence electrons. The minimum Gasteiger partial charge on any atom is -0.489 e. The van der Waals surface area contributed by atoms with Crippen molar-refractivity contribution in [2.75, 3.05) is 6.61 Å². The maximum absolute atomic E-state index is 5.78. The van der Waals surface area contributed by atoms with Crippen LogP contribution in [0.4, 0.5) is 0 Å². The quantitative estimate of drug-likeness (QED) is 0.682. The lowest BCUT2D eigenvalue weighted by atomic mass is 10.1. The molecule has 1 rings (SSSR count). The Morgan fingerprint density at radius 3 is 2.50 bits per heavy atom. The zero-order chi connectivity index (χ0) is 12.0. The summed E-state index contributed by atoms with van der Waals surface area (Å²) in [5, 5.41) is 0. The second-order valence-corrected chi connectivity index (χ2v) is 3.88. The maximum Gasteiger partial charge on any atom is 0.129 e. The lowest BCUT2D eigenvalue weighted by molar-refractivity contribution is 0.359. The Balaban J connectivity index is 3.03. The van der Waals surface area contributed by atoms with E-state index in [-0.39, 0.29) is 0 Å². The van der Waals surface area contributed by atoms with Crippen molar-refractivity contribution in [1.29, 1.82) is 0 Å². The Labute approximate surface area is 98.5 Å². The van der Waals surface area contributed by atoms with Crippen LogP contribution in [0.15, 0.2) is 30.4 Å². The molecule has 0 fully saturated rings. The highest BCUT2D eigenvalue weighted by atomic mass is 16.5. The molecule has 1 aromatic rings. The van der Waals surface area contributed by atoms with Crippen molar-refractivity contribution in [1.82, 2.24) is 0 Å². The van der Waals surface area contributed by atoms with E-state index in [0.29, 0.717) is 6.61 Å². The number of aryl methyl sites for hydroxylation is 2. The van der Waals surface area contributed by atoms with Crippen LogP contribution in [0, 0.1) is 13.8 Å². The molecule has 0 amide bonds. The van der Waals surface area contributed by atoms with E-state index in [2.05, 4.69) is 32.1 Å². The summed E-state index contributed by atoms with van der Waals surface area (Å²) >= 11 is 0. The van der Waals surface area contributed by atoms with Crippen LogP contribution in [0.5, 0.6) is 5.75 Å². The van der Waals surface area contributed by atoms with Crippen LogP contribution in [-0.4, -0.2) is 6.61 Å². The van der Waals surface area contributed by atoms with Gasteiger partial charge in [-0.15, -0.1) is 0 Å². The molecule has 0 atom stereocenters. The maximum atomic E-state index is 5.78. The van der Waals surface area contributed by atoms with Crippen molar-refractivity contribution < 1.29 is 4.74 Å². The van der Waals surface area contributed by atoms with Crippen LogP contribution in [0.3, 0.4) is 0 Å². The second-order valence-electron chi connectivity index (χ2n) is 3.88. The van der Waals surface area contributed by atoms with Crippen molar-refractivity contribution in [2.45, 2.75) is 27.7 Å². The average Bonchev–Trinajstić information content (AvgIpc) is 2.22. The van der Waals surface area contributed by atoms with Crippen molar-refractivity contribution in [3.8, 4) is 5.75 Å². The summed E-state index contributed by atoms with van der Waals surface area (Å²) in [6.07, 6.45) is 8.14. The van der Waals surface area contributed by atoms with Crippen molar-refractivity contribution in [3.05, 3.63) is 47.1 Å². The van der Waals surface area contributed by atoms with Gasteiger partial charge in [-0.1, -0.05) is 35.9 Å². The molecule has 0 heterocycles. The highest BCUT2D eigenvalue weighted by Crippen LogP contribution is 2.26. The molecule has 0 N–H and O–H groups in total. The van der Waals surface area contributed by atoms with Gasteiger partial charge in [0.1, 0.15) is 12.4 Å². The third-order valence-corrected chi connectivity index (χ3v) is 2.35. The van der Waals surface area contributed by atoms with E-state index in [0.717, 1.165) is 11.3 Å². The van der Waals surface area contributed by atoms with E-state index in [1.165, 1.54) is 11.1 Å². The lowest BCUT2D eigenvalue weighted by Gasteiger charge is -2.12. The SMILES string of the molecule is CC=CCOc1c(C)cc(C)cc1C=CC. The van der Waals surface area contributed by atoms with Crippen LogP contribution in [0.1, 0.15) is 30.5 Å². The summed E-state index contributed by atoms with van der Waals surface area (Å²) in [6.45, 7) is 8.84. The van der Waals surface area contributed by atoms with Crippen molar-refractivity contribution >= 4 is 6.08 Å². The fourth-order valence-electron chi connectivity index (χ4n) is 1.72. The van der Waals surface area contributed by atoms with Gasteiger partial charge in [-0.2, -0.15) is 0 Å². The number of benzene rings is 1. The van der Waals surface area contributed by atoms with E-state index in [1.54, 1.807) is 0 Å². The molecular weight excluding hydrogens is 196 g/mol. The van der Waals surface area contributed by atoms with Crippen LogP contribution in [0.25, 0.3) is 6.08 Å². The number of hydrogen-bond donors (Lipinski definition) is 0. The van der Waals surface area contributed by atoms with Gasteiger partial charge >= 0.3 is 0 Å². The Bertz CT molecular complexity index is 400. The average molecular weight is 216 g/mol. The summed E-state index contributed by atoms with van der Waals surface area (Å²) in [6, 6.07) is 4.30. The molecular formula is C15H20O. The number of ether oxygens (including phenoxy) is 1. The fourth-order valence-corrected chi connectivity index (χ4v) is 1.72. The normalized spacial score (nSPS) is 11.5. The zero-order valence-electron chi connectivity index (χ0n) is 10.6. The first kappa shape index (κ1) is 12.6. The highest BCUT2D eigenvalue weighted by molar-refractivity contribution is 5.61. The smallest absolute Gasteiger partial charge is 0.129 e. The summed E-state index contributed by atoms with van der Waals surface area (Å²) in [5.41, 5.74) is 3.62. The number of hydrogen-bond acceptors (Lipinski definition) is 1. The first-order valence-electron chi connectivity index (χ1n) is 5.67. The molecule has 0 unspecified atom stereocenters. The predicted molar refractivity (Wildman–Crippen MR) is 70.9 cm³/mol. The molecule has 1 heteroatoms. The van der Waals surface area contributed by atoms with Gasteiger partial charge in [-0.25, -0.2) is 0 Å². The molecule has 0 aliphatic heterocycles. The van der Waals surface area contributed by atoms with Gasteiger partial charge in [-0.05, 0) is 39.3 Å². The van der Waals surface area contributed by atoms with Gasteiger partial charge in [0.25, 0.3) is 0 Å². The first-order valence-corrected chi connectivity index (χ1v) is 5.67. The van der Waals surface area contributed by atoms with Crippen molar-refractivity contribution in [2.24, 2.45) is 0 Å². The van der Waals surface area contributed by atoms with Crippen LogP contribution in [-0.2, 0) is 0 Å². The molecule has 0 radical (unpaired) electrons. The molecule has 16 heavy (non-hydrogen) atoms. The molecule has 1 nitrogen and oxygen atoms in total. The van der Waals surface area contributed by atoms with E-state index < -0.39 is 0 Å². The van der Waals surface area contributed by atoms with Gasteiger partial charge in [0, 0.05) is 5.56 Å². The van der Waals surface area contributed by atoms with E-state index in [9.17, 15) is 0 Å². The van der Waals surface area contributed by atoms with E-state index in [1.807, 2.05) is 32.1 Å². The molecule has 0 spiro atoms. The summed E-state index contributed by atoms with van der Waals surface area (Å²) in [4.78, 5) is 0. The summed E-state index contributed by atoms with van der Waals surface area (Å²) < 4.78 is 5.78. The van der Waals surface area contributed by atoms with Crippen LogP contribution in [0.2, 0.25) is 0 Å². The highest BCUT2D eigenvalue weighted by Gasteiger charge is 2.05. The van der Waals surface area contributed by atoms with E-state index >= 15 is 0 Å². The Morgan fingerprint density at radius 1 is 1.12 bits per heavy atom. The standard InChI is InChI=1S/C15H20O/c1-5-7-9-16-15-13(4)10-12(3)11-14(15)8-6-2/h5-8,10-11H,9H2,1-4H3. The van der Waals surface area contributed by atoms with Crippen LogP contribution >= 0.6 is 0 Å². The Kier molecular flexibility index (Phi) is 4.84. The summed E-state index contributed by atoms with van der Waals surface area (Å²) in [5.74, 6) is 0.988. The molecule has 1 aromatic carbocycles. The largest absolute Gasteiger partial charge is 0.489 e. The molecule has 0 aliphatic carbocycles. The lowest BCUT2D eigenvalue weighted by Crippen LogP contribution is -1.98. The number of rotatable bonds is 4. The summed E-state index contributed by atoms with van der Waals surface area (Å²) in [7, 11) is 0. The minimum absolute atomic E-state index is 0.630. The van der Waals surface area contributed by atoms with Crippen LogP contribution < -0.4 is 4.74 Å². The number of allylic oxidation sites excluding steroid dienone is 2. The Morgan fingerprint density at radius 2 is 1.88 bits per heavy atom. The zero-order valence-corrected chi connectivity index (χ0v) is 10.6. The minimum atomic E-state index is 0.630. The second kappa shape index (κ2) is 6.16. The topological polar surface area (TPSA) is 9.23 Å². The molecule has 0 aromatic heterocycles. The first-order chi connectivity index (χ1) is 7.69. The molecule has 0 bridgehead atoms. The van der Waals surface area contributed by atoms with E-state index in [4.69, 9.17) is 4.74 Å². The van der Waals surface area contributed by atoms with Gasteiger partial charge < -0.3 is 4.74 Å². The third kappa shape index (κ3) is 3.27.